The van der Waals surface area contributed by atoms with Crippen molar-refractivity contribution in [2.24, 2.45) is 0 Å². The molecule has 204 valence electrons. The molecule has 0 unspecified atom stereocenters. The Morgan fingerprint density at radius 3 is 2.58 bits per heavy atom. The first-order valence-electron chi connectivity index (χ1n) is 13.3. The molecule has 6 rings (SSSR count). The summed E-state index contributed by atoms with van der Waals surface area (Å²) in [6, 6.07) is 8.78. The molecular formula is C30H28F2N6O2. The smallest absolute Gasteiger partial charge is 0.350 e. The summed E-state index contributed by atoms with van der Waals surface area (Å²) in [5.74, 6) is -0.981. The maximum absolute atomic E-state index is 15.7. The molecule has 2 fully saturated rings. The lowest BCUT2D eigenvalue weighted by Gasteiger charge is -2.40. The lowest BCUT2D eigenvalue weighted by atomic mass is 10.1. The average molecular weight is 543 g/mol. The van der Waals surface area contributed by atoms with Gasteiger partial charge in [-0.15, -0.1) is 0 Å². The minimum Gasteiger partial charge on any atom is -0.350 e. The van der Waals surface area contributed by atoms with Gasteiger partial charge < -0.3 is 9.80 Å². The number of piperazine rings is 1. The van der Waals surface area contributed by atoms with Crippen LogP contribution in [0.3, 0.4) is 0 Å². The van der Waals surface area contributed by atoms with E-state index in [1.807, 2.05) is 24.8 Å². The standard InChI is InChI=1S/C30H28F2N6O2/c1-4-25(39)36-13-14-37(17(2)16-36)28-22-15-24(32)26(21-7-5-6-8-23(21)31)34-29(22)38(30(40)35-28)27-18(3)33-12-11-20(27)19-9-10-19/h4-8,11-12,15,17,19H,1,9-10,13-14,16H2,2-3H3/t17-/m0/s1. The summed E-state index contributed by atoms with van der Waals surface area (Å²) in [5, 5.41) is 0.317. The van der Waals surface area contributed by atoms with Crippen LogP contribution in [0.4, 0.5) is 14.6 Å². The maximum Gasteiger partial charge on any atom is 0.355 e. The van der Waals surface area contributed by atoms with Gasteiger partial charge in [0.2, 0.25) is 5.91 Å². The van der Waals surface area contributed by atoms with Gasteiger partial charge in [0.25, 0.3) is 0 Å². The van der Waals surface area contributed by atoms with Crippen molar-refractivity contribution in [3.05, 3.63) is 88.6 Å². The highest BCUT2D eigenvalue weighted by Crippen LogP contribution is 2.43. The summed E-state index contributed by atoms with van der Waals surface area (Å²) in [5.41, 5.74) is 1.53. The van der Waals surface area contributed by atoms with Crippen LogP contribution < -0.4 is 10.6 Å². The van der Waals surface area contributed by atoms with E-state index < -0.39 is 17.3 Å². The number of aryl methyl sites for hydroxylation is 1. The van der Waals surface area contributed by atoms with Crippen LogP contribution in [0.15, 0.2) is 60.0 Å². The maximum atomic E-state index is 15.7. The second-order valence-corrected chi connectivity index (χ2v) is 10.4. The number of fused-ring (bicyclic) bond motifs is 1. The quantitative estimate of drug-likeness (QED) is 0.345. The Bertz CT molecular complexity index is 1730. The van der Waals surface area contributed by atoms with Crippen molar-refractivity contribution in [1.29, 1.82) is 0 Å². The van der Waals surface area contributed by atoms with Crippen LogP contribution in [-0.2, 0) is 4.79 Å². The van der Waals surface area contributed by atoms with Crippen molar-refractivity contribution >= 4 is 22.8 Å². The van der Waals surface area contributed by atoms with Crippen LogP contribution in [0.2, 0.25) is 0 Å². The number of carbonyl (C=O) groups excluding carboxylic acids is 1. The number of pyridine rings is 2. The number of carbonyl (C=O) groups is 1. The minimum absolute atomic E-state index is 0.00509. The topological polar surface area (TPSA) is 84.2 Å². The number of benzene rings is 1. The molecule has 40 heavy (non-hydrogen) atoms. The summed E-state index contributed by atoms with van der Waals surface area (Å²) in [4.78, 5) is 43.2. The van der Waals surface area contributed by atoms with Crippen molar-refractivity contribution < 1.29 is 13.6 Å². The Balaban J connectivity index is 1.62. The van der Waals surface area contributed by atoms with Crippen LogP contribution in [0.25, 0.3) is 28.0 Å². The molecule has 1 saturated carbocycles. The van der Waals surface area contributed by atoms with Crippen molar-refractivity contribution in [1.82, 2.24) is 24.4 Å². The van der Waals surface area contributed by atoms with E-state index >= 15 is 4.39 Å². The first-order chi connectivity index (χ1) is 19.3. The van der Waals surface area contributed by atoms with Crippen molar-refractivity contribution in [3.8, 4) is 16.9 Å². The first kappa shape index (κ1) is 25.8. The van der Waals surface area contributed by atoms with Gasteiger partial charge in [0.05, 0.1) is 16.8 Å². The molecule has 10 heteroatoms. The van der Waals surface area contributed by atoms with E-state index in [1.54, 1.807) is 17.2 Å². The molecule has 0 radical (unpaired) electrons. The number of anilines is 1. The number of hydrogen-bond donors (Lipinski definition) is 0. The number of hydrogen-bond acceptors (Lipinski definition) is 6. The Morgan fingerprint density at radius 1 is 1.10 bits per heavy atom. The Labute approximate surface area is 229 Å². The van der Waals surface area contributed by atoms with Crippen LogP contribution >= 0.6 is 0 Å². The molecule has 1 aromatic carbocycles. The summed E-state index contributed by atoms with van der Waals surface area (Å²) >= 11 is 0. The molecule has 4 heterocycles. The Hall–Kier alpha value is -4.47. The fourth-order valence-electron chi connectivity index (χ4n) is 5.56. The lowest BCUT2D eigenvalue weighted by Crippen LogP contribution is -2.54. The molecule has 0 N–H and O–H groups in total. The third kappa shape index (κ3) is 4.33. The average Bonchev–Trinajstić information content (AvgIpc) is 3.79. The Morgan fingerprint density at radius 2 is 1.88 bits per heavy atom. The zero-order valence-electron chi connectivity index (χ0n) is 22.3. The molecule has 3 aromatic heterocycles. The molecule has 0 spiro atoms. The number of halogens is 2. The second-order valence-electron chi connectivity index (χ2n) is 10.4. The van der Waals surface area contributed by atoms with Gasteiger partial charge in [0, 0.05) is 37.4 Å². The SMILES string of the molecule is C=CC(=O)N1CCN(c2nc(=O)n(-c3c(C4CC4)ccnc3C)c3nc(-c4ccccc4F)c(F)cc23)[C@@H](C)C1. The van der Waals surface area contributed by atoms with Crippen molar-refractivity contribution in [2.45, 2.75) is 38.6 Å². The van der Waals surface area contributed by atoms with Gasteiger partial charge >= 0.3 is 5.69 Å². The number of amides is 1. The molecule has 1 aliphatic carbocycles. The van der Waals surface area contributed by atoms with E-state index in [0.717, 1.165) is 18.4 Å². The molecule has 1 amide bonds. The van der Waals surface area contributed by atoms with Gasteiger partial charge in [0.15, 0.2) is 5.65 Å². The highest BCUT2D eigenvalue weighted by Gasteiger charge is 2.32. The predicted octanol–water partition coefficient (Wildman–Crippen LogP) is 4.53. The predicted molar refractivity (Wildman–Crippen MR) is 149 cm³/mol. The summed E-state index contributed by atoms with van der Waals surface area (Å²) in [6.07, 6.45) is 4.96. The van der Waals surface area contributed by atoms with Gasteiger partial charge in [-0.2, -0.15) is 4.98 Å². The van der Waals surface area contributed by atoms with E-state index in [0.29, 0.717) is 36.4 Å². The molecule has 8 nitrogen and oxygen atoms in total. The normalized spacial score (nSPS) is 17.4. The van der Waals surface area contributed by atoms with Gasteiger partial charge in [-0.25, -0.2) is 23.1 Å². The van der Waals surface area contributed by atoms with Gasteiger partial charge in [-0.1, -0.05) is 18.7 Å². The van der Waals surface area contributed by atoms with Crippen LogP contribution in [-0.4, -0.2) is 56.0 Å². The van der Waals surface area contributed by atoms with Crippen LogP contribution in [0.1, 0.15) is 36.9 Å². The summed E-state index contributed by atoms with van der Waals surface area (Å²) < 4.78 is 31.9. The largest absolute Gasteiger partial charge is 0.355 e. The monoisotopic (exact) mass is 542 g/mol. The number of nitrogens with zero attached hydrogens (tertiary/aromatic N) is 6. The van der Waals surface area contributed by atoms with Gasteiger partial charge in [-0.3, -0.25) is 9.78 Å². The molecule has 1 aliphatic heterocycles. The fourth-order valence-corrected chi connectivity index (χ4v) is 5.56. The van der Waals surface area contributed by atoms with E-state index in [1.165, 1.54) is 34.9 Å². The van der Waals surface area contributed by atoms with Gasteiger partial charge in [-0.05, 0) is 68.5 Å². The van der Waals surface area contributed by atoms with Gasteiger partial charge in [0.1, 0.15) is 23.1 Å². The van der Waals surface area contributed by atoms with E-state index in [-0.39, 0.29) is 40.6 Å². The molecule has 1 saturated heterocycles. The highest BCUT2D eigenvalue weighted by atomic mass is 19.1. The molecular weight excluding hydrogens is 514 g/mol. The summed E-state index contributed by atoms with van der Waals surface area (Å²) in [6.45, 7) is 8.44. The minimum atomic E-state index is -0.732. The van der Waals surface area contributed by atoms with E-state index in [4.69, 9.17) is 0 Å². The highest BCUT2D eigenvalue weighted by molar-refractivity contribution is 5.91. The third-order valence-electron chi connectivity index (χ3n) is 7.70. The molecule has 0 bridgehead atoms. The zero-order valence-corrected chi connectivity index (χ0v) is 22.3. The lowest BCUT2D eigenvalue weighted by molar-refractivity contribution is -0.126. The van der Waals surface area contributed by atoms with Crippen molar-refractivity contribution in [2.75, 3.05) is 24.5 Å². The van der Waals surface area contributed by atoms with E-state index in [2.05, 4.69) is 21.5 Å². The molecule has 4 aromatic rings. The number of aromatic nitrogens is 4. The van der Waals surface area contributed by atoms with Crippen molar-refractivity contribution in [3.63, 3.8) is 0 Å². The van der Waals surface area contributed by atoms with Crippen LogP contribution in [0, 0.1) is 18.6 Å². The third-order valence-corrected chi connectivity index (χ3v) is 7.70. The summed E-state index contributed by atoms with van der Waals surface area (Å²) in [7, 11) is 0. The molecule has 2 aliphatic rings. The Kier molecular flexibility index (Phi) is 6.40. The molecule has 1 atom stereocenters. The first-order valence-corrected chi connectivity index (χ1v) is 13.3. The van der Waals surface area contributed by atoms with Crippen LogP contribution in [0.5, 0.6) is 0 Å². The number of rotatable bonds is 5. The second kappa shape index (κ2) is 9.93. The fraction of sp³-hybridized carbons (Fsp3) is 0.300. The zero-order chi connectivity index (χ0) is 28.1. The van der Waals surface area contributed by atoms with E-state index in [9.17, 15) is 14.0 Å².